The van der Waals surface area contributed by atoms with E-state index in [1.807, 2.05) is 18.2 Å². The molecule has 0 aliphatic rings. The lowest BCUT2D eigenvalue weighted by Crippen LogP contribution is -2.04. The van der Waals surface area contributed by atoms with Gasteiger partial charge in [0, 0.05) is 21.6 Å². The lowest BCUT2D eigenvalue weighted by molar-refractivity contribution is 0.546. The molecule has 0 bridgehead atoms. The predicted molar refractivity (Wildman–Crippen MR) is 60.0 cm³/mol. The van der Waals surface area contributed by atoms with Crippen LogP contribution >= 0.6 is 27.7 Å². The summed E-state index contributed by atoms with van der Waals surface area (Å²) < 4.78 is 9.65. The SMILES string of the molecule is N#Cc1cc2cc(Br)ccc2o/c1=N/Cl. The second kappa shape index (κ2) is 4.05. The van der Waals surface area contributed by atoms with Gasteiger partial charge >= 0.3 is 0 Å². The van der Waals surface area contributed by atoms with Gasteiger partial charge < -0.3 is 4.42 Å². The fourth-order valence-corrected chi connectivity index (χ4v) is 1.75. The topological polar surface area (TPSA) is 49.3 Å². The minimum absolute atomic E-state index is 0.133. The van der Waals surface area contributed by atoms with Crippen molar-refractivity contribution in [3.05, 3.63) is 39.9 Å². The van der Waals surface area contributed by atoms with Crippen LogP contribution in [-0.2, 0) is 0 Å². The molecule has 0 aliphatic heterocycles. The highest BCUT2D eigenvalue weighted by atomic mass is 79.9. The maximum Gasteiger partial charge on any atom is 0.249 e. The van der Waals surface area contributed by atoms with Crippen LogP contribution in [0.3, 0.4) is 0 Å². The first-order valence-corrected chi connectivity index (χ1v) is 5.16. The summed E-state index contributed by atoms with van der Waals surface area (Å²) in [6.45, 7) is 0. The molecule has 74 valence electrons. The molecule has 0 aliphatic carbocycles. The van der Waals surface area contributed by atoms with Gasteiger partial charge in [-0.15, -0.1) is 4.51 Å². The van der Waals surface area contributed by atoms with E-state index < -0.39 is 0 Å². The van der Waals surface area contributed by atoms with Gasteiger partial charge in [0.15, 0.2) is 0 Å². The third-order valence-corrected chi connectivity index (χ3v) is 2.55. The fourth-order valence-electron chi connectivity index (χ4n) is 1.24. The van der Waals surface area contributed by atoms with E-state index in [1.54, 1.807) is 12.1 Å². The van der Waals surface area contributed by atoms with Crippen LogP contribution in [0.25, 0.3) is 11.0 Å². The van der Waals surface area contributed by atoms with Gasteiger partial charge in [0.05, 0.1) is 0 Å². The number of hydrogen-bond acceptors (Lipinski definition) is 3. The largest absolute Gasteiger partial charge is 0.436 e. The van der Waals surface area contributed by atoms with Gasteiger partial charge in [-0.2, -0.15) is 5.26 Å². The second-order valence-electron chi connectivity index (χ2n) is 2.84. The van der Waals surface area contributed by atoms with E-state index in [0.717, 1.165) is 9.86 Å². The molecule has 1 heterocycles. The summed E-state index contributed by atoms with van der Waals surface area (Å²) in [6, 6.07) is 9.14. The minimum Gasteiger partial charge on any atom is -0.436 e. The number of hydrogen-bond donors (Lipinski definition) is 0. The number of rotatable bonds is 0. The molecule has 0 saturated heterocycles. The molecular weight excluding hydrogens is 279 g/mol. The van der Waals surface area contributed by atoms with Crippen molar-refractivity contribution in [2.45, 2.75) is 0 Å². The Morgan fingerprint density at radius 1 is 1.40 bits per heavy atom. The molecule has 1 aromatic heterocycles. The van der Waals surface area contributed by atoms with Crippen molar-refractivity contribution in [1.82, 2.24) is 0 Å². The second-order valence-corrected chi connectivity index (χ2v) is 3.93. The number of nitriles is 1. The average molecular weight is 284 g/mol. The first-order chi connectivity index (χ1) is 7.24. The molecule has 0 fully saturated rings. The zero-order valence-electron chi connectivity index (χ0n) is 7.37. The Morgan fingerprint density at radius 2 is 2.20 bits per heavy atom. The van der Waals surface area contributed by atoms with Crippen LogP contribution in [0.2, 0.25) is 0 Å². The minimum atomic E-state index is 0.133. The van der Waals surface area contributed by atoms with Crippen LogP contribution in [0.4, 0.5) is 0 Å². The molecule has 0 radical (unpaired) electrons. The molecule has 0 atom stereocenters. The standard InChI is InChI=1S/C10H4BrClN2O/c11-8-1-2-9-6(4-8)3-7(5-13)10(14-12)15-9/h1-4H/b14-10+. The van der Waals surface area contributed by atoms with Gasteiger partial charge in [-0.25, -0.2) is 0 Å². The number of halogens is 2. The van der Waals surface area contributed by atoms with E-state index >= 15 is 0 Å². The Kier molecular flexibility index (Phi) is 2.76. The van der Waals surface area contributed by atoms with Crippen LogP contribution < -0.4 is 5.55 Å². The number of fused-ring (bicyclic) bond motifs is 1. The fraction of sp³-hybridized carbons (Fsp3) is 0. The molecule has 2 rings (SSSR count). The smallest absolute Gasteiger partial charge is 0.249 e. The van der Waals surface area contributed by atoms with Crippen LogP contribution in [-0.4, -0.2) is 0 Å². The summed E-state index contributed by atoms with van der Waals surface area (Å²) in [6.07, 6.45) is 0. The first kappa shape index (κ1) is 10.2. The summed E-state index contributed by atoms with van der Waals surface area (Å²) in [5.41, 5.74) is 1.08. The molecule has 0 N–H and O–H groups in total. The first-order valence-electron chi connectivity index (χ1n) is 4.03. The third kappa shape index (κ3) is 1.89. The Balaban J connectivity index is 2.89. The van der Waals surface area contributed by atoms with E-state index in [9.17, 15) is 0 Å². The van der Waals surface area contributed by atoms with Gasteiger partial charge in [-0.1, -0.05) is 15.9 Å². The van der Waals surface area contributed by atoms with E-state index in [2.05, 4.69) is 20.4 Å². The normalized spacial score (nSPS) is 11.7. The predicted octanol–water partition coefficient (Wildman–Crippen LogP) is 3.12. The molecule has 2 aromatic rings. The zero-order chi connectivity index (χ0) is 10.8. The van der Waals surface area contributed by atoms with Crippen molar-refractivity contribution in [2.75, 3.05) is 0 Å². The van der Waals surface area contributed by atoms with Crippen LogP contribution in [0.15, 0.2) is 37.7 Å². The summed E-state index contributed by atoms with van der Waals surface area (Å²) in [4.78, 5) is 0. The molecular formula is C10H4BrClN2O. The molecule has 0 saturated carbocycles. The molecule has 15 heavy (non-hydrogen) atoms. The number of nitrogens with zero attached hydrogens (tertiary/aromatic N) is 2. The summed E-state index contributed by atoms with van der Waals surface area (Å²) in [7, 11) is 0. The quantitative estimate of drug-likeness (QED) is 0.746. The van der Waals surface area contributed by atoms with Crippen LogP contribution in [0.1, 0.15) is 5.56 Å². The maximum absolute atomic E-state index is 8.84. The lowest BCUT2D eigenvalue weighted by Gasteiger charge is -1.98. The van der Waals surface area contributed by atoms with Gasteiger partial charge in [0.25, 0.3) is 0 Å². The van der Waals surface area contributed by atoms with Gasteiger partial charge in [-0.3, -0.25) is 0 Å². The summed E-state index contributed by atoms with van der Waals surface area (Å²) in [5.74, 6) is 0. The number of benzene rings is 1. The zero-order valence-corrected chi connectivity index (χ0v) is 9.71. The van der Waals surface area contributed by atoms with E-state index in [4.69, 9.17) is 21.5 Å². The van der Waals surface area contributed by atoms with Crippen molar-refractivity contribution >= 4 is 38.7 Å². The molecule has 0 amide bonds. The van der Waals surface area contributed by atoms with E-state index in [-0.39, 0.29) is 5.55 Å². The van der Waals surface area contributed by atoms with Crippen molar-refractivity contribution in [3.63, 3.8) is 0 Å². The van der Waals surface area contributed by atoms with Crippen LogP contribution in [0.5, 0.6) is 0 Å². The highest BCUT2D eigenvalue weighted by Gasteiger charge is 2.03. The summed E-state index contributed by atoms with van der Waals surface area (Å²) in [5, 5.41) is 9.66. The molecule has 3 nitrogen and oxygen atoms in total. The van der Waals surface area contributed by atoms with E-state index in [0.29, 0.717) is 11.1 Å². The maximum atomic E-state index is 8.84. The van der Waals surface area contributed by atoms with Gasteiger partial charge in [0.2, 0.25) is 5.55 Å². The van der Waals surface area contributed by atoms with Crippen LogP contribution in [0, 0.1) is 11.3 Å². The Morgan fingerprint density at radius 3 is 2.87 bits per heavy atom. The Labute approximate surface area is 98.9 Å². The highest BCUT2D eigenvalue weighted by Crippen LogP contribution is 2.19. The molecule has 0 spiro atoms. The third-order valence-electron chi connectivity index (χ3n) is 1.91. The summed E-state index contributed by atoms with van der Waals surface area (Å²) >= 11 is 8.65. The van der Waals surface area contributed by atoms with Crippen molar-refractivity contribution < 1.29 is 4.42 Å². The van der Waals surface area contributed by atoms with Gasteiger partial charge in [-0.05, 0) is 24.3 Å². The van der Waals surface area contributed by atoms with Gasteiger partial charge in [0.1, 0.15) is 17.2 Å². The van der Waals surface area contributed by atoms with Crippen molar-refractivity contribution in [3.8, 4) is 6.07 Å². The average Bonchev–Trinajstić information content (AvgIpc) is 2.27. The van der Waals surface area contributed by atoms with Crippen molar-refractivity contribution in [1.29, 1.82) is 5.26 Å². The monoisotopic (exact) mass is 282 g/mol. The Bertz CT molecular complexity index is 627. The molecule has 1 aromatic carbocycles. The molecule has 0 unspecified atom stereocenters. The van der Waals surface area contributed by atoms with E-state index in [1.165, 1.54) is 0 Å². The van der Waals surface area contributed by atoms with Crippen molar-refractivity contribution in [2.24, 2.45) is 4.51 Å². The highest BCUT2D eigenvalue weighted by molar-refractivity contribution is 9.10. The molecule has 5 heteroatoms. The Hall–Kier alpha value is -1.31. The lowest BCUT2D eigenvalue weighted by atomic mass is 10.2.